The summed E-state index contributed by atoms with van der Waals surface area (Å²) in [6.07, 6.45) is -0.980. The van der Waals surface area contributed by atoms with Crippen LogP contribution in [0.1, 0.15) is 70.7 Å². The van der Waals surface area contributed by atoms with Gasteiger partial charge in [-0.25, -0.2) is 9.59 Å². The van der Waals surface area contributed by atoms with E-state index in [1.807, 2.05) is 90.1 Å². The molecule has 324 valence electrons. The van der Waals surface area contributed by atoms with Gasteiger partial charge in [0, 0.05) is 42.7 Å². The Morgan fingerprint density at radius 3 is 1.28 bits per heavy atom. The maximum Gasteiger partial charge on any atom is 0.339 e. The van der Waals surface area contributed by atoms with Gasteiger partial charge in [-0.1, -0.05) is 100 Å². The van der Waals surface area contributed by atoms with E-state index in [4.69, 9.17) is 9.47 Å². The normalized spacial score (nSPS) is 12.0. The van der Waals surface area contributed by atoms with Crippen LogP contribution < -0.4 is 20.1 Å². The molecule has 6 aromatic rings. The number of fused-ring (bicyclic) bond motifs is 2. The molecule has 6 rings (SSSR count). The highest BCUT2D eigenvalue weighted by Crippen LogP contribution is 2.38. The predicted octanol–water partition coefficient (Wildman–Crippen LogP) is 7.86. The van der Waals surface area contributed by atoms with Crippen LogP contribution in [0.15, 0.2) is 109 Å². The molecule has 0 spiro atoms. The maximum absolute atomic E-state index is 11.6. The molecule has 0 aliphatic heterocycles. The molecule has 0 aliphatic rings. The molecule has 2 atom stereocenters. The summed E-state index contributed by atoms with van der Waals surface area (Å²) in [6.45, 7) is 14.0. The standard InChI is InChI=1S/C23H16O6.2C13H21NO2/c24-20-16(14-7-3-1-5-12(14)9-18(20)22(26)27)11-17-15-8-4-2-6-13(15)10-19(21(17)25)23(28)29;2*1-10(2)14-8-12(15)9-16-13-6-4-5-11(3)7-13/h1-10,24-25H,11H2,(H,26,27)(H,28,29);2*4-7,10,12,14-15H,8-9H2,1-3H3. The van der Waals surface area contributed by atoms with E-state index in [0.717, 1.165) is 22.6 Å². The topological polar surface area (TPSA) is 198 Å². The molecule has 8 N–H and O–H groups in total. The smallest absolute Gasteiger partial charge is 0.339 e. The van der Waals surface area contributed by atoms with Crippen molar-refractivity contribution >= 4 is 33.5 Å². The lowest BCUT2D eigenvalue weighted by Crippen LogP contribution is -2.35. The average Bonchev–Trinajstić information content (AvgIpc) is 3.22. The van der Waals surface area contributed by atoms with Crippen molar-refractivity contribution in [3.05, 3.63) is 143 Å². The summed E-state index contributed by atoms with van der Waals surface area (Å²) in [5.41, 5.74) is 2.43. The molecule has 0 amide bonds. The Kier molecular flexibility index (Phi) is 17.9. The maximum atomic E-state index is 11.6. The van der Waals surface area contributed by atoms with Crippen molar-refractivity contribution in [3.8, 4) is 23.0 Å². The molecule has 0 fully saturated rings. The van der Waals surface area contributed by atoms with Crippen molar-refractivity contribution in [2.24, 2.45) is 0 Å². The number of phenols is 2. The van der Waals surface area contributed by atoms with Crippen molar-refractivity contribution < 1.29 is 49.7 Å². The number of aromatic carboxylic acids is 2. The first-order chi connectivity index (χ1) is 29.0. The van der Waals surface area contributed by atoms with E-state index in [1.165, 1.54) is 12.1 Å². The highest BCUT2D eigenvalue weighted by atomic mass is 16.5. The third kappa shape index (κ3) is 14.5. The van der Waals surface area contributed by atoms with Gasteiger partial charge in [0.2, 0.25) is 0 Å². The van der Waals surface area contributed by atoms with Crippen LogP contribution in [0.4, 0.5) is 0 Å². The molecule has 0 aliphatic carbocycles. The number of ether oxygens (including phenoxy) is 2. The quantitative estimate of drug-likeness (QED) is 0.0471. The van der Waals surface area contributed by atoms with Gasteiger partial charge in [0.1, 0.15) is 59.5 Å². The molecule has 0 radical (unpaired) electrons. The fourth-order valence-corrected chi connectivity index (χ4v) is 6.34. The van der Waals surface area contributed by atoms with Crippen LogP contribution in [0.25, 0.3) is 21.5 Å². The average molecular weight is 835 g/mol. The summed E-state index contributed by atoms with van der Waals surface area (Å²) in [5.74, 6) is -1.74. The number of carboxylic acids is 2. The van der Waals surface area contributed by atoms with Crippen molar-refractivity contribution in [2.45, 2.75) is 72.3 Å². The van der Waals surface area contributed by atoms with Crippen molar-refractivity contribution in [3.63, 3.8) is 0 Å². The van der Waals surface area contributed by atoms with Gasteiger partial charge in [-0.05, 0) is 82.9 Å². The molecule has 0 saturated carbocycles. The van der Waals surface area contributed by atoms with Crippen LogP contribution in [-0.4, -0.2) is 93.2 Å². The first-order valence-corrected chi connectivity index (χ1v) is 20.2. The lowest BCUT2D eigenvalue weighted by atomic mass is 9.90. The number of aliphatic hydroxyl groups excluding tert-OH is 2. The third-order valence-corrected chi connectivity index (χ3v) is 9.46. The molecule has 0 aromatic heterocycles. The Morgan fingerprint density at radius 2 is 0.934 bits per heavy atom. The first kappa shape index (κ1) is 47.5. The highest BCUT2D eigenvalue weighted by Gasteiger charge is 2.22. The second-order valence-electron chi connectivity index (χ2n) is 15.4. The number of nitrogens with one attached hydrogen (secondary N) is 2. The predicted molar refractivity (Wildman–Crippen MR) is 240 cm³/mol. The number of carbonyl (C=O) groups is 2. The lowest BCUT2D eigenvalue weighted by molar-refractivity contribution is 0.0682. The minimum Gasteiger partial charge on any atom is -0.507 e. The molecule has 12 nitrogen and oxygen atoms in total. The van der Waals surface area contributed by atoms with E-state index >= 15 is 0 Å². The van der Waals surface area contributed by atoms with Gasteiger partial charge >= 0.3 is 11.9 Å². The van der Waals surface area contributed by atoms with E-state index in [2.05, 4.69) is 10.6 Å². The van der Waals surface area contributed by atoms with Crippen LogP contribution >= 0.6 is 0 Å². The zero-order valence-corrected chi connectivity index (χ0v) is 35.6. The van der Waals surface area contributed by atoms with Gasteiger partial charge in [0.25, 0.3) is 0 Å². The van der Waals surface area contributed by atoms with E-state index < -0.39 is 35.6 Å². The van der Waals surface area contributed by atoms with E-state index in [1.54, 1.807) is 48.5 Å². The minimum absolute atomic E-state index is 0.0407. The lowest BCUT2D eigenvalue weighted by Gasteiger charge is -2.16. The summed E-state index contributed by atoms with van der Waals surface area (Å²) in [4.78, 5) is 23.2. The molecule has 0 bridgehead atoms. The second-order valence-corrected chi connectivity index (χ2v) is 15.4. The molecule has 2 unspecified atom stereocenters. The monoisotopic (exact) mass is 834 g/mol. The zero-order valence-electron chi connectivity index (χ0n) is 35.6. The van der Waals surface area contributed by atoms with E-state index in [0.29, 0.717) is 71.1 Å². The molecular weight excluding hydrogens is 777 g/mol. The minimum atomic E-state index is -1.28. The van der Waals surface area contributed by atoms with Crippen LogP contribution in [0.5, 0.6) is 23.0 Å². The molecule has 61 heavy (non-hydrogen) atoms. The summed E-state index contributed by atoms with van der Waals surface area (Å²) < 4.78 is 11.0. The highest BCUT2D eigenvalue weighted by molar-refractivity contribution is 6.02. The molecule has 0 heterocycles. The van der Waals surface area contributed by atoms with Gasteiger partial charge in [-0.3, -0.25) is 0 Å². The number of hydrogen-bond donors (Lipinski definition) is 8. The number of aliphatic hydroxyl groups is 2. The summed E-state index contributed by atoms with van der Waals surface area (Å²) in [7, 11) is 0. The number of carboxylic acid groups (broad SMARTS) is 2. The molecule has 12 heteroatoms. The van der Waals surface area contributed by atoms with Gasteiger partial charge < -0.3 is 50.7 Å². The number of benzene rings is 6. The van der Waals surface area contributed by atoms with Crippen molar-refractivity contribution in [2.75, 3.05) is 26.3 Å². The Hall–Kier alpha value is -6.18. The van der Waals surface area contributed by atoms with Crippen LogP contribution in [0.2, 0.25) is 0 Å². The molecule has 6 aromatic carbocycles. The first-order valence-electron chi connectivity index (χ1n) is 20.2. The van der Waals surface area contributed by atoms with E-state index in [9.17, 15) is 40.2 Å². The zero-order chi connectivity index (χ0) is 44.6. The van der Waals surface area contributed by atoms with Crippen LogP contribution in [0, 0.1) is 13.8 Å². The Balaban J connectivity index is 0.000000219. The molecular formula is C49H58N2O10. The SMILES string of the molecule is Cc1cccc(OCC(O)CNC(C)C)c1.Cc1cccc(OCC(O)CNC(C)C)c1.O=C(O)c1cc2ccccc2c(Cc2c(O)c(C(=O)O)cc3ccccc23)c1O. The van der Waals surface area contributed by atoms with Crippen LogP contribution in [0.3, 0.4) is 0 Å². The third-order valence-electron chi connectivity index (χ3n) is 9.46. The summed E-state index contributed by atoms with van der Waals surface area (Å²) in [6, 6.07) is 33.2. The number of aryl methyl sites for hydroxylation is 2. The molecule has 0 saturated heterocycles. The van der Waals surface area contributed by atoms with Crippen LogP contribution in [-0.2, 0) is 6.42 Å². The van der Waals surface area contributed by atoms with Gasteiger partial charge in [0.05, 0.1) is 0 Å². The van der Waals surface area contributed by atoms with Gasteiger partial charge in [-0.2, -0.15) is 0 Å². The number of rotatable bonds is 16. The van der Waals surface area contributed by atoms with Gasteiger partial charge in [0.15, 0.2) is 0 Å². The fourth-order valence-electron chi connectivity index (χ4n) is 6.34. The van der Waals surface area contributed by atoms with Crippen molar-refractivity contribution in [1.82, 2.24) is 10.6 Å². The van der Waals surface area contributed by atoms with Crippen molar-refractivity contribution in [1.29, 1.82) is 0 Å². The Morgan fingerprint density at radius 1 is 0.557 bits per heavy atom. The Labute approximate surface area is 357 Å². The number of aromatic hydroxyl groups is 2. The van der Waals surface area contributed by atoms with Gasteiger partial charge in [-0.15, -0.1) is 0 Å². The fraction of sp³-hybridized carbons (Fsp3) is 0.306. The summed E-state index contributed by atoms with van der Waals surface area (Å²) in [5, 5.41) is 68.4. The largest absolute Gasteiger partial charge is 0.507 e. The second kappa shape index (κ2) is 23.0. The van der Waals surface area contributed by atoms with E-state index in [-0.39, 0.29) is 17.5 Å². The number of hydrogen-bond acceptors (Lipinski definition) is 10. The Bertz CT molecular complexity index is 2210. The summed E-state index contributed by atoms with van der Waals surface area (Å²) >= 11 is 0.